The van der Waals surface area contributed by atoms with Gasteiger partial charge in [0, 0.05) is 18.5 Å². The summed E-state index contributed by atoms with van der Waals surface area (Å²) in [5, 5.41) is 3.40. The van der Waals surface area contributed by atoms with Crippen LogP contribution in [0.1, 0.15) is 19.8 Å². The van der Waals surface area contributed by atoms with Gasteiger partial charge in [0.2, 0.25) is 0 Å². The summed E-state index contributed by atoms with van der Waals surface area (Å²) in [6, 6.07) is 7.87. The standard InChI is InChI=1S/C14H21NO2/c1-2-16-13-6-3-7-14(9-13)17-11-12-5-4-8-15-10-12/h3,6-7,9,12,15H,2,4-5,8,10-11H2,1H3/t12-/m1/s1. The lowest BCUT2D eigenvalue weighted by Crippen LogP contribution is -2.33. The highest BCUT2D eigenvalue weighted by molar-refractivity contribution is 5.32. The molecular weight excluding hydrogens is 214 g/mol. The molecule has 0 aromatic heterocycles. The van der Waals surface area contributed by atoms with Gasteiger partial charge in [-0.15, -0.1) is 0 Å². The van der Waals surface area contributed by atoms with Gasteiger partial charge in [0.25, 0.3) is 0 Å². The van der Waals surface area contributed by atoms with Gasteiger partial charge in [-0.2, -0.15) is 0 Å². The third-order valence-corrected chi connectivity index (χ3v) is 3.00. The second-order valence-corrected chi connectivity index (χ2v) is 4.43. The van der Waals surface area contributed by atoms with E-state index in [0.29, 0.717) is 12.5 Å². The monoisotopic (exact) mass is 235 g/mol. The summed E-state index contributed by atoms with van der Waals surface area (Å²) in [7, 11) is 0. The van der Waals surface area contributed by atoms with Crippen LogP contribution in [0.15, 0.2) is 24.3 Å². The molecule has 0 radical (unpaired) electrons. The van der Waals surface area contributed by atoms with Crippen molar-refractivity contribution in [3.63, 3.8) is 0 Å². The predicted octanol–water partition coefficient (Wildman–Crippen LogP) is 2.46. The molecule has 1 fully saturated rings. The van der Waals surface area contributed by atoms with E-state index in [1.807, 2.05) is 31.2 Å². The Morgan fingerprint density at radius 3 is 2.82 bits per heavy atom. The molecule has 1 aliphatic heterocycles. The van der Waals surface area contributed by atoms with E-state index in [-0.39, 0.29) is 0 Å². The number of nitrogens with one attached hydrogen (secondary N) is 1. The number of hydrogen-bond donors (Lipinski definition) is 1. The zero-order chi connectivity index (χ0) is 11.9. The third-order valence-electron chi connectivity index (χ3n) is 3.00. The Morgan fingerprint density at radius 2 is 2.12 bits per heavy atom. The van der Waals surface area contributed by atoms with E-state index in [1.54, 1.807) is 0 Å². The summed E-state index contributed by atoms with van der Waals surface area (Å²) in [5.74, 6) is 2.42. The fourth-order valence-electron chi connectivity index (χ4n) is 2.10. The molecule has 0 spiro atoms. The maximum absolute atomic E-state index is 5.81. The van der Waals surface area contributed by atoms with E-state index in [9.17, 15) is 0 Å². The summed E-state index contributed by atoms with van der Waals surface area (Å²) < 4.78 is 11.3. The van der Waals surface area contributed by atoms with Gasteiger partial charge in [-0.3, -0.25) is 0 Å². The maximum atomic E-state index is 5.81. The van der Waals surface area contributed by atoms with Gasteiger partial charge < -0.3 is 14.8 Å². The molecule has 1 atom stereocenters. The molecule has 1 heterocycles. The second kappa shape index (κ2) is 6.50. The summed E-state index contributed by atoms with van der Waals surface area (Å²) in [6.45, 7) is 5.70. The first-order valence-corrected chi connectivity index (χ1v) is 6.45. The van der Waals surface area contributed by atoms with Crippen LogP contribution in [0.3, 0.4) is 0 Å². The first-order chi connectivity index (χ1) is 8.38. The van der Waals surface area contributed by atoms with Crippen molar-refractivity contribution in [1.29, 1.82) is 0 Å². The van der Waals surface area contributed by atoms with Crippen LogP contribution in [0.2, 0.25) is 0 Å². The molecule has 0 saturated carbocycles. The molecule has 2 rings (SSSR count). The highest BCUT2D eigenvalue weighted by Gasteiger charge is 2.13. The second-order valence-electron chi connectivity index (χ2n) is 4.43. The summed E-state index contributed by atoms with van der Waals surface area (Å²) >= 11 is 0. The van der Waals surface area contributed by atoms with Crippen LogP contribution in [0, 0.1) is 5.92 Å². The SMILES string of the molecule is CCOc1cccc(OC[C@@H]2CCCNC2)c1. The van der Waals surface area contributed by atoms with Gasteiger partial charge in [0.05, 0.1) is 13.2 Å². The van der Waals surface area contributed by atoms with E-state index in [1.165, 1.54) is 12.8 Å². The maximum Gasteiger partial charge on any atom is 0.122 e. The zero-order valence-electron chi connectivity index (χ0n) is 10.4. The summed E-state index contributed by atoms with van der Waals surface area (Å²) in [6.07, 6.45) is 2.52. The molecule has 1 N–H and O–H groups in total. The van der Waals surface area contributed by atoms with Crippen LogP contribution in [-0.4, -0.2) is 26.3 Å². The van der Waals surface area contributed by atoms with Crippen molar-refractivity contribution >= 4 is 0 Å². The first-order valence-electron chi connectivity index (χ1n) is 6.45. The topological polar surface area (TPSA) is 30.5 Å². The van der Waals surface area contributed by atoms with Crippen molar-refractivity contribution < 1.29 is 9.47 Å². The highest BCUT2D eigenvalue weighted by Crippen LogP contribution is 2.20. The third kappa shape index (κ3) is 3.93. The van der Waals surface area contributed by atoms with Crippen LogP contribution in [0.25, 0.3) is 0 Å². The average Bonchev–Trinajstić information content (AvgIpc) is 2.39. The number of ether oxygens (including phenoxy) is 2. The van der Waals surface area contributed by atoms with Gasteiger partial charge in [-0.25, -0.2) is 0 Å². The lowest BCUT2D eigenvalue weighted by molar-refractivity contribution is 0.217. The van der Waals surface area contributed by atoms with E-state index in [2.05, 4.69) is 5.32 Å². The predicted molar refractivity (Wildman–Crippen MR) is 68.7 cm³/mol. The molecule has 17 heavy (non-hydrogen) atoms. The van der Waals surface area contributed by atoms with Gasteiger partial charge in [0.1, 0.15) is 11.5 Å². The molecule has 0 unspecified atom stereocenters. The molecule has 3 heteroatoms. The summed E-state index contributed by atoms with van der Waals surface area (Å²) in [4.78, 5) is 0. The lowest BCUT2D eigenvalue weighted by Gasteiger charge is -2.22. The van der Waals surface area contributed by atoms with Gasteiger partial charge >= 0.3 is 0 Å². The fraction of sp³-hybridized carbons (Fsp3) is 0.571. The van der Waals surface area contributed by atoms with Crippen molar-refractivity contribution in [2.24, 2.45) is 5.92 Å². The minimum absolute atomic E-state index is 0.638. The Bertz CT molecular complexity index is 335. The van der Waals surface area contributed by atoms with Crippen molar-refractivity contribution in [1.82, 2.24) is 5.32 Å². The Morgan fingerprint density at radius 1 is 1.29 bits per heavy atom. The van der Waals surface area contributed by atoms with Crippen LogP contribution < -0.4 is 14.8 Å². The van der Waals surface area contributed by atoms with Gasteiger partial charge in [-0.05, 0) is 38.4 Å². The Hall–Kier alpha value is -1.22. The minimum Gasteiger partial charge on any atom is -0.494 e. The zero-order valence-corrected chi connectivity index (χ0v) is 10.4. The van der Waals surface area contributed by atoms with Gasteiger partial charge in [-0.1, -0.05) is 6.07 Å². The van der Waals surface area contributed by atoms with E-state index >= 15 is 0 Å². The molecule has 0 bridgehead atoms. The van der Waals surface area contributed by atoms with Crippen molar-refractivity contribution in [3.05, 3.63) is 24.3 Å². The van der Waals surface area contributed by atoms with Crippen molar-refractivity contribution in [2.75, 3.05) is 26.3 Å². The highest BCUT2D eigenvalue weighted by atomic mass is 16.5. The minimum atomic E-state index is 0.638. The molecule has 1 aromatic rings. The summed E-state index contributed by atoms with van der Waals surface area (Å²) in [5.41, 5.74) is 0. The number of benzene rings is 1. The van der Waals surface area contributed by atoms with Crippen LogP contribution >= 0.6 is 0 Å². The normalized spacial score (nSPS) is 19.9. The smallest absolute Gasteiger partial charge is 0.122 e. The number of rotatable bonds is 5. The van der Waals surface area contributed by atoms with Crippen LogP contribution in [0.5, 0.6) is 11.5 Å². The van der Waals surface area contributed by atoms with Crippen molar-refractivity contribution in [2.45, 2.75) is 19.8 Å². The van der Waals surface area contributed by atoms with Crippen molar-refractivity contribution in [3.8, 4) is 11.5 Å². The van der Waals surface area contributed by atoms with Crippen LogP contribution in [-0.2, 0) is 0 Å². The van der Waals surface area contributed by atoms with E-state index < -0.39 is 0 Å². The molecule has 0 amide bonds. The number of hydrogen-bond acceptors (Lipinski definition) is 3. The Balaban J connectivity index is 1.83. The molecule has 1 saturated heterocycles. The number of piperidine rings is 1. The quantitative estimate of drug-likeness (QED) is 0.850. The molecule has 1 aromatic carbocycles. The van der Waals surface area contributed by atoms with Crippen LogP contribution in [0.4, 0.5) is 0 Å². The Kier molecular flexibility index (Phi) is 4.68. The molecule has 0 aliphatic carbocycles. The fourth-order valence-corrected chi connectivity index (χ4v) is 2.10. The largest absolute Gasteiger partial charge is 0.494 e. The Labute approximate surface area is 103 Å². The molecule has 1 aliphatic rings. The van der Waals surface area contributed by atoms with E-state index in [4.69, 9.17) is 9.47 Å². The first kappa shape index (κ1) is 12.2. The molecule has 3 nitrogen and oxygen atoms in total. The lowest BCUT2D eigenvalue weighted by atomic mass is 10.0. The van der Waals surface area contributed by atoms with Gasteiger partial charge in [0.15, 0.2) is 0 Å². The molecular formula is C14H21NO2. The average molecular weight is 235 g/mol. The van der Waals surface area contributed by atoms with E-state index in [0.717, 1.165) is 31.2 Å². The molecule has 94 valence electrons.